The molecular formula is C13H12BrNO. The highest BCUT2D eigenvalue weighted by atomic mass is 79.9. The van der Waals surface area contributed by atoms with Gasteiger partial charge in [0.15, 0.2) is 0 Å². The van der Waals surface area contributed by atoms with Crippen molar-refractivity contribution in [3.8, 4) is 11.5 Å². The summed E-state index contributed by atoms with van der Waals surface area (Å²) < 4.78 is 6.62. The van der Waals surface area contributed by atoms with Crippen molar-refractivity contribution in [3.05, 3.63) is 52.8 Å². The summed E-state index contributed by atoms with van der Waals surface area (Å²) in [5.41, 5.74) is 1.27. The summed E-state index contributed by atoms with van der Waals surface area (Å²) in [5.74, 6) is 1.63. The molecule has 82 valence electrons. The molecule has 1 aromatic heterocycles. The third-order valence-electron chi connectivity index (χ3n) is 2.27. The largest absolute Gasteiger partial charge is 0.456 e. The molecule has 2 aromatic rings. The number of pyridine rings is 1. The maximum Gasteiger partial charge on any atom is 0.144 e. The van der Waals surface area contributed by atoms with Gasteiger partial charge in [0.05, 0.1) is 4.47 Å². The summed E-state index contributed by atoms with van der Waals surface area (Å²) in [5, 5.41) is 0. The minimum absolute atomic E-state index is 0.781. The Balaban J connectivity index is 2.24. The van der Waals surface area contributed by atoms with Gasteiger partial charge in [-0.2, -0.15) is 0 Å². The van der Waals surface area contributed by atoms with Gasteiger partial charge in [-0.05, 0) is 40.0 Å². The van der Waals surface area contributed by atoms with Crippen LogP contribution in [-0.2, 0) is 6.42 Å². The van der Waals surface area contributed by atoms with E-state index >= 15 is 0 Å². The minimum atomic E-state index is 0.781. The normalized spacial score (nSPS) is 10.1. The van der Waals surface area contributed by atoms with Crippen molar-refractivity contribution in [1.29, 1.82) is 0 Å². The lowest BCUT2D eigenvalue weighted by Gasteiger charge is -2.07. The van der Waals surface area contributed by atoms with Crippen LogP contribution in [0.25, 0.3) is 0 Å². The summed E-state index contributed by atoms with van der Waals surface area (Å²) in [6.07, 6.45) is 4.44. The average Bonchev–Trinajstić information content (AvgIpc) is 2.32. The van der Waals surface area contributed by atoms with Crippen LogP contribution in [0.15, 0.2) is 47.2 Å². The zero-order valence-electron chi connectivity index (χ0n) is 8.98. The van der Waals surface area contributed by atoms with Crippen molar-refractivity contribution >= 4 is 15.9 Å². The Kier molecular flexibility index (Phi) is 3.57. The fraction of sp³-hybridized carbons (Fsp3) is 0.154. The van der Waals surface area contributed by atoms with E-state index in [4.69, 9.17) is 4.74 Å². The number of halogens is 1. The topological polar surface area (TPSA) is 22.1 Å². The molecule has 2 nitrogen and oxygen atoms in total. The van der Waals surface area contributed by atoms with Gasteiger partial charge in [-0.1, -0.05) is 19.1 Å². The van der Waals surface area contributed by atoms with Crippen molar-refractivity contribution in [1.82, 2.24) is 4.98 Å². The van der Waals surface area contributed by atoms with E-state index in [0.717, 1.165) is 22.4 Å². The maximum atomic E-state index is 5.76. The van der Waals surface area contributed by atoms with Crippen LogP contribution in [-0.4, -0.2) is 4.98 Å². The fourth-order valence-corrected chi connectivity index (χ4v) is 1.73. The van der Waals surface area contributed by atoms with Gasteiger partial charge in [-0.15, -0.1) is 0 Å². The van der Waals surface area contributed by atoms with Crippen molar-refractivity contribution in [2.24, 2.45) is 0 Å². The molecule has 0 spiro atoms. The molecule has 0 fully saturated rings. The number of benzene rings is 1. The van der Waals surface area contributed by atoms with E-state index < -0.39 is 0 Å². The van der Waals surface area contributed by atoms with Crippen LogP contribution >= 0.6 is 15.9 Å². The Hall–Kier alpha value is -1.35. The molecule has 0 bridgehead atoms. The SMILES string of the molecule is CCc1cccc(Oc2ccncc2Br)c1. The quantitative estimate of drug-likeness (QED) is 0.839. The summed E-state index contributed by atoms with van der Waals surface area (Å²) >= 11 is 3.40. The van der Waals surface area contributed by atoms with Crippen molar-refractivity contribution in [2.75, 3.05) is 0 Å². The second-order valence-corrected chi connectivity index (χ2v) is 4.26. The molecule has 0 aliphatic heterocycles. The van der Waals surface area contributed by atoms with E-state index in [2.05, 4.69) is 33.9 Å². The standard InChI is InChI=1S/C13H12BrNO/c1-2-10-4-3-5-11(8-10)16-13-6-7-15-9-12(13)14/h3-9H,2H2,1H3. The summed E-state index contributed by atoms with van der Waals surface area (Å²) in [4.78, 5) is 3.99. The maximum absolute atomic E-state index is 5.76. The lowest BCUT2D eigenvalue weighted by molar-refractivity contribution is 0.478. The Morgan fingerprint density at radius 1 is 1.31 bits per heavy atom. The van der Waals surface area contributed by atoms with Crippen LogP contribution in [0, 0.1) is 0 Å². The Labute approximate surface area is 103 Å². The molecule has 0 saturated carbocycles. The van der Waals surface area contributed by atoms with Gasteiger partial charge >= 0.3 is 0 Å². The highest BCUT2D eigenvalue weighted by Gasteiger charge is 2.02. The van der Waals surface area contributed by atoms with Crippen LogP contribution in [0.3, 0.4) is 0 Å². The van der Waals surface area contributed by atoms with E-state index in [9.17, 15) is 0 Å². The molecule has 3 heteroatoms. The molecule has 0 radical (unpaired) electrons. The molecule has 2 rings (SSSR count). The van der Waals surface area contributed by atoms with Crippen LogP contribution in [0.1, 0.15) is 12.5 Å². The van der Waals surface area contributed by atoms with Gasteiger partial charge in [0.2, 0.25) is 0 Å². The number of ether oxygens (including phenoxy) is 1. The number of hydrogen-bond acceptors (Lipinski definition) is 2. The average molecular weight is 278 g/mol. The molecule has 0 amide bonds. The van der Waals surface area contributed by atoms with Crippen molar-refractivity contribution in [2.45, 2.75) is 13.3 Å². The number of aromatic nitrogens is 1. The minimum Gasteiger partial charge on any atom is -0.456 e. The predicted molar refractivity (Wildman–Crippen MR) is 67.8 cm³/mol. The smallest absolute Gasteiger partial charge is 0.144 e. The Bertz CT molecular complexity index is 485. The van der Waals surface area contributed by atoms with Gasteiger partial charge in [0.25, 0.3) is 0 Å². The Morgan fingerprint density at radius 2 is 2.19 bits per heavy atom. The van der Waals surface area contributed by atoms with E-state index in [-0.39, 0.29) is 0 Å². The van der Waals surface area contributed by atoms with Gasteiger partial charge in [0, 0.05) is 18.5 Å². The second kappa shape index (κ2) is 5.12. The third kappa shape index (κ3) is 2.61. The molecule has 0 atom stereocenters. The highest BCUT2D eigenvalue weighted by Crippen LogP contribution is 2.28. The first kappa shape index (κ1) is 11.1. The van der Waals surface area contributed by atoms with Crippen molar-refractivity contribution < 1.29 is 4.74 Å². The van der Waals surface area contributed by atoms with Gasteiger partial charge in [-0.25, -0.2) is 0 Å². The number of nitrogens with zero attached hydrogens (tertiary/aromatic N) is 1. The van der Waals surface area contributed by atoms with Crippen LogP contribution in [0.4, 0.5) is 0 Å². The first-order valence-corrected chi connectivity index (χ1v) is 5.95. The lowest BCUT2D eigenvalue weighted by atomic mass is 10.2. The monoisotopic (exact) mass is 277 g/mol. The molecule has 1 heterocycles. The fourth-order valence-electron chi connectivity index (χ4n) is 1.40. The van der Waals surface area contributed by atoms with Crippen LogP contribution in [0.5, 0.6) is 11.5 Å². The van der Waals surface area contributed by atoms with E-state index in [1.807, 2.05) is 24.3 Å². The first-order chi connectivity index (χ1) is 7.79. The van der Waals surface area contributed by atoms with E-state index in [1.54, 1.807) is 12.4 Å². The van der Waals surface area contributed by atoms with Gasteiger partial charge in [0.1, 0.15) is 11.5 Å². The molecule has 0 aliphatic carbocycles. The second-order valence-electron chi connectivity index (χ2n) is 3.41. The Morgan fingerprint density at radius 3 is 2.94 bits per heavy atom. The zero-order chi connectivity index (χ0) is 11.4. The van der Waals surface area contributed by atoms with Crippen molar-refractivity contribution in [3.63, 3.8) is 0 Å². The molecule has 16 heavy (non-hydrogen) atoms. The summed E-state index contributed by atoms with van der Waals surface area (Å²) in [6, 6.07) is 9.93. The highest BCUT2D eigenvalue weighted by molar-refractivity contribution is 9.10. The molecule has 1 aromatic carbocycles. The van der Waals surface area contributed by atoms with E-state index in [1.165, 1.54) is 5.56 Å². The number of aryl methyl sites for hydroxylation is 1. The molecule has 0 N–H and O–H groups in total. The molecule has 0 saturated heterocycles. The molecular weight excluding hydrogens is 266 g/mol. The number of rotatable bonds is 3. The van der Waals surface area contributed by atoms with Crippen LogP contribution in [0.2, 0.25) is 0 Å². The summed E-state index contributed by atoms with van der Waals surface area (Å²) in [7, 11) is 0. The van der Waals surface area contributed by atoms with Crippen LogP contribution < -0.4 is 4.74 Å². The third-order valence-corrected chi connectivity index (χ3v) is 2.87. The molecule has 0 aliphatic rings. The molecule has 0 unspecified atom stereocenters. The lowest BCUT2D eigenvalue weighted by Crippen LogP contribution is -1.87. The van der Waals surface area contributed by atoms with Gasteiger partial charge in [-0.3, -0.25) is 4.98 Å². The zero-order valence-corrected chi connectivity index (χ0v) is 10.6. The first-order valence-electron chi connectivity index (χ1n) is 5.16. The van der Waals surface area contributed by atoms with Gasteiger partial charge < -0.3 is 4.74 Å². The predicted octanol–water partition coefficient (Wildman–Crippen LogP) is 4.20. The number of hydrogen-bond donors (Lipinski definition) is 0. The van der Waals surface area contributed by atoms with E-state index in [0.29, 0.717) is 0 Å². The summed E-state index contributed by atoms with van der Waals surface area (Å²) in [6.45, 7) is 2.13.